The van der Waals surface area contributed by atoms with Gasteiger partial charge in [0, 0.05) is 54.9 Å². The topological polar surface area (TPSA) is 52.2 Å². The average molecular weight is 352 g/mol. The monoisotopic (exact) mass is 352 g/mol. The molecule has 3 heterocycles. The molecule has 1 saturated heterocycles. The lowest BCUT2D eigenvalue weighted by Gasteiger charge is -2.34. The second-order valence-corrected chi connectivity index (χ2v) is 7.31. The van der Waals surface area contributed by atoms with E-state index in [1.165, 1.54) is 15.3 Å². The molecule has 0 bridgehead atoms. The first-order chi connectivity index (χ1) is 12.3. The van der Waals surface area contributed by atoms with E-state index in [-0.39, 0.29) is 5.56 Å². The first-order valence-electron chi connectivity index (χ1n) is 8.45. The molecule has 1 aliphatic heterocycles. The maximum atomic E-state index is 11.9. The third-order valence-corrected chi connectivity index (χ3v) is 5.58. The Morgan fingerprint density at radius 1 is 1.04 bits per heavy atom. The van der Waals surface area contributed by atoms with Gasteiger partial charge in [-0.25, -0.2) is 4.98 Å². The predicted molar refractivity (Wildman–Crippen MR) is 102 cm³/mol. The molecule has 5 nitrogen and oxygen atoms in total. The van der Waals surface area contributed by atoms with Gasteiger partial charge in [0.15, 0.2) is 5.82 Å². The summed E-state index contributed by atoms with van der Waals surface area (Å²) < 4.78 is 0. The molecule has 0 spiro atoms. The maximum Gasteiger partial charge on any atom is 0.290 e. The van der Waals surface area contributed by atoms with Crippen LogP contribution in [0.1, 0.15) is 4.88 Å². The smallest absolute Gasteiger partial charge is 0.290 e. The highest BCUT2D eigenvalue weighted by Gasteiger charge is 2.20. The molecule has 0 atom stereocenters. The van der Waals surface area contributed by atoms with Crippen LogP contribution in [0.5, 0.6) is 0 Å². The van der Waals surface area contributed by atoms with Gasteiger partial charge in [0.1, 0.15) is 0 Å². The summed E-state index contributed by atoms with van der Waals surface area (Å²) in [6.07, 6.45) is 3.21. The molecule has 1 aromatic carbocycles. The van der Waals surface area contributed by atoms with Gasteiger partial charge in [-0.15, -0.1) is 11.3 Å². The van der Waals surface area contributed by atoms with E-state index in [1.54, 1.807) is 12.4 Å². The number of H-pyrrole nitrogens is 1. The lowest BCUT2D eigenvalue weighted by molar-refractivity contribution is 0.251. The fourth-order valence-corrected chi connectivity index (χ4v) is 4.18. The highest BCUT2D eigenvalue weighted by atomic mass is 32.1. The van der Waals surface area contributed by atoms with Gasteiger partial charge in [0.25, 0.3) is 5.56 Å². The quantitative estimate of drug-likeness (QED) is 0.784. The van der Waals surface area contributed by atoms with Crippen LogP contribution in [-0.2, 0) is 6.54 Å². The lowest BCUT2D eigenvalue weighted by atomic mass is 10.2. The van der Waals surface area contributed by atoms with Crippen LogP contribution in [0.2, 0.25) is 0 Å². The van der Waals surface area contributed by atoms with Crippen molar-refractivity contribution in [2.45, 2.75) is 6.54 Å². The summed E-state index contributed by atoms with van der Waals surface area (Å²) >= 11 is 1.86. The number of nitrogens with one attached hydrogen (secondary N) is 1. The highest BCUT2D eigenvalue weighted by molar-refractivity contribution is 7.15. The lowest BCUT2D eigenvalue weighted by Crippen LogP contribution is -2.47. The summed E-state index contributed by atoms with van der Waals surface area (Å²) in [5.41, 5.74) is 1.17. The molecule has 1 N–H and O–H groups in total. The summed E-state index contributed by atoms with van der Waals surface area (Å²) in [7, 11) is 0. The molecule has 0 radical (unpaired) electrons. The first-order valence-corrected chi connectivity index (χ1v) is 9.26. The number of aromatic nitrogens is 2. The Kier molecular flexibility index (Phi) is 4.63. The van der Waals surface area contributed by atoms with E-state index in [4.69, 9.17) is 0 Å². The standard InChI is InChI=1S/C19H20N4OS/c24-19-18(20-8-9-21-19)23-12-10-22(11-13-23)14-16-6-7-17(25-16)15-4-2-1-3-5-15/h1-9H,10-14H2,(H,21,24). The van der Waals surface area contributed by atoms with Crippen LogP contribution in [0.25, 0.3) is 10.4 Å². The summed E-state index contributed by atoms with van der Waals surface area (Å²) in [5, 5.41) is 0. The molecular weight excluding hydrogens is 332 g/mol. The minimum absolute atomic E-state index is 0.110. The molecule has 0 saturated carbocycles. The van der Waals surface area contributed by atoms with Gasteiger partial charge in [-0.1, -0.05) is 30.3 Å². The summed E-state index contributed by atoms with van der Waals surface area (Å²) in [6, 6.07) is 14.9. The van der Waals surface area contributed by atoms with Gasteiger partial charge in [-0.3, -0.25) is 9.69 Å². The fraction of sp³-hybridized carbons (Fsp3) is 0.263. The van der Waals surface area contributed by atoms with Crippen molar-refractivity contribution in [3.63, 3.8) is 0 Å². The van der Waals surface area contributed by atoms with Crippen molar-refractivity contribution in [3.05, 3.63) is 70.1 Å². The van der Waals surface area contributed by atoms with Crippen molar-refractivity contribution in [2.75, 3.05) is 31.1 Å². The number of thiophene rings is 1. The van der Waals surface area contributed by atoms with Crippen LogP contribution >= 0.6 is 11.3 Å². The molecule has 6 heteroatoms. The van der Waals surface area contributed by atoms with Crippen molar-refractivity contribution < 1.29 is 0 Å². The normalized spacial score (nSPS) is 15.4. The Balaban J connectivity index is 1.37. The Morgan fingerprint density at radius 3 is 2.60 bits per heavy atom. The number of benzene rings is 1. The van der Waals surface area contributed by atoms with Crippen LogP contribution in [0.4, 0.5) is 5.82 Å². The van der Waals surface area contributed by atoms with Crippen molar-refractivity contribution in [1.29, 1.82) is 0 Å². The Hall–Kier alpha value is -2.44. The molecular formula is C19H20N4OS. The number of hydrogen-bond donors (Lipinski definition) is 1. The minimum atomic E-state index is -0.110. The highest BCUT2D eigenvalue weighted by Crippen LogP contribution is 2.28. The zero-order valence-corrected chi connectivity index (χ0v) is 14.7. The fourth-order valence-electron chi connectivity index (χ4n) is 3.13. The molecule has 3 aromatic rings. The van der Waals surface area contributed by atoms with Gasteiger partial charge < -0.3 is 9.88 Å². The predicted octanol–water partition coefficient (Wildman–Crippen LogP) is 2.82. The van der Waals surface area contributed by atoms with E-state index >= 15 is 0 Å². The van der Waals surface area contributed by atoms with E-state index < -0.39 is 0 Å². The summed E-state index contributed by atoms with van der Waals surface area (Å²) in [6.45, 7) is 4.50. The van der Waals surface area contributed by atoms with E-state index in [1.807, 2.05) is 17.4 Å². The summed E-state index contributed by atoms with van der Waals surface area (Å²) in [5.74, 6) is 0.532. The first kappa shape index (κ1) is 16.1. The molecule has 0 aliphatic carbocycles. The minimum Gasteiger partial charge on any atom is -0.349 e. The van der Waals surface area contributed by atoms with Crippen LogP contribution in [0.3, 0.4) is 0 Å². The van der Waals surface area contributed by atoms with Gasteiger partial charge >= 0.3 is 0 Å². The van der Waals surface area contributed by atoms with E-state index in [0.29, 0.717) is 5.82 Å². The Labute approximate surface area is 150 Å². The molecule has 0 amide bonds. The molecule has 1 fully saturated rings. The molecule has 25 heavy (non-hydrogen) atoms. The zero-order chi connectivity index (χ0) is 17.1. The van der Waals surface area contributed by atoms with E-state index in [9.17, 15) is 4.79 Å². The number of anilines is 1. The maximum absolute atomic E-state index is 11.9. The average Bonchev–Trinajstić information content (AvgIpc) is 3.12. The van der Waals surface area contributed by atoms with Gasteiger partial charge in [0.05, 0.1) is 0 Å². The molecule has 0 unspecified atom stereocenters. The van der Waals surface area contributed by atoms with Crippen molar-refractivity contribution in [2.24, 2.45) is 0 Å². The third-order valence-electron chi connectivity index (χ3n) is 4.46. The van der Waals surface area contributed by atoms with E-state index in [0.717, 1.165) is 32.7 Å². The van der Waals surface area contributed by atoms with Crippen molar-refractivity contribution >= 4 is 17.2 Å². The Bertz CT molecular complexity index is 881. The van der Waals surface area contributed by atoms with Crippen LogP contribution in [0.15, 0.2) is 59.7 Å². The number of aromatic amines is 1. The van der Waals surface area contributed by atoms with Gasteiger partial charge in [-0.05, 0) is 17.7 Å². The second-order valence-electron chi connectivity index (χ2n) is 6.14. The molecule has 128 valence electrons. The van der Waals surface area contributed by atoms with Crippen LogP contribution in [0, 0.1) is 0 Å². The van der Waals surface area contributed by atoms with Crippen LogP contribution in [-0.4, -0.2) is 41.0 Å². The third kappa shape index (κ3) is 3.65. The zero-order valence-electron chi connectivity index (χ0n) is 13.9. The Morgan fingerprint density at radius 2 is 1.84 bits per heavy atom. The number of nitrogens with zero attached hydrogens (tertiary/aromatic N) is 3. The van der Waals surface area contributed by atoms with Gasteiger partial charge in [0.2, 0.25) is 0 Å². The van der Waals surface area contributed by atoms with Gasteiger partial charge in [-0.2, -0.15) is 0 Å². The van der Waals surface area contributed by atoms with E-state index in [2.05, 4.69) is 56.2 Å². The number of rotatable bonds is 4. The number of hydrogen-bond acceptors (Lipinski definition) is 5. The SMILES string of the molecule is O=c1[nH]ccnc1N1CCN(Cc2ccc(-c3ccccc3)s2)CC1. The molecule has 2 aromatic heterocycles. The molecule has 4 rings (SSSR count). The second kappa shape index (κ2) is 7.21. The van der Waals surface area contributed by atoms with Crippen LogP contribution < -0.4 is 10.5 Å². The summed E-state index contributed by atoms with van der Waals surface area (Å²) in [4.78, 5) is 26.0. The largest absolute Gasteiger partial charge is 0.349 e. The van der Waals surface area contributed by atoms with Crippen molar-refractivity contribution in [3.8, 4) is 10.4 Å². The molecule has 1 aliphatic rings. The van der Waals surface area contributed by atoms with Crippen molar-refractivity contribution in [1.82, 2.24) is 14.9 Å². The number of piperazine rings is 1.